The summed E-state index contributed by atoms with van der Waals surface area (Å²) in [5.41, 5.74) is 2.87. The number of halogens is 1. The van der Waals surface area contributed by atoms with E-state index in [-0.39, 0.29) is 5.56 Å². The summed E-state index contributed by atoms with van der Waals surface area (Å²) in [6.45, 7) is 0.509. The number of nitriles is 1. The van der Waals surface area contributed by atoms with Crippen molar-refractivity contribution >= 4 is 0 Å². The summed E-state index contributed by atoms with van der Waals surface area (Å²) >= 11 is 0. The van der Waals surface area contributed by atoms with Crippen LogP contribution in [0.2, 0.25) is 0 Å². The lowest BCUT2D eigenvalue weighted by atomic mass is 10.0. The highest BCUT2D eigenvalue weighted by Crippen LogP contribution is 2.24. The van der Waals surface area contributed by atoms with Crippen LogP contribution in [0.25, 0.3) is 11.1 Å². The Hall–Kier alpha value is -3.12. The van der Waals surface area contributed by atoms with Gasteiger partial charge in [-0.25, -0.2) is 4.39 Å². The molecule has 3 rings (SSSR count). The molecule has 0 radical (unpaired) electrons. The summed E-state index contributed by atoms with van der Waals surface area (Å²) in [4.78, 5) is 0. The van der Waals surface area contributed by atoms with E-state index < -0.39 is 5.82 Å². The van der Waals surface area contributed by atoms with E-state index in [0.29, 0.717) is 6.61 Å². The number of benzene rings is 3. The number of hydrogen-bond acceptors (Lipinski definition) is 2. The highest BCUT2D eigenvalue weighted by atomic mass is 19.1. The topological polar surface area (TPSA) is 33.0 Å². The third-order valence-electron chi connectivity index (χ3n) is 3.52. The fraction of sp³-hybridized carbons (Fsp3) is 0.0500. The highest BCUT2D eigenvalue weighted by Gasteiger charge is 2.05. The molecule has 0 aliphatic rings. The number of rotatable bonds is 4. The molecule has 112 valence electrons. The lowest BCUT2D eigenvalue weighted by Gasteiger charge is -2.08. The summed E-state index contributed by atoms with van der Waals surface area (Å²) in [5.74, 6) is 0.263. The van der Waals surface area contributed by atoms with Gasteiger partial charge in [-0.2, -0.15) is 5.26 Å². The van der Waals surface area contributed by atoms with E-state index in [9.17, 15) is 4.39 Å². The summed E-state index contributed by atoms with van der Waals surface area (Å²) in [6, 6.07) is 23.9. The molecule has 0 aliphatic carbocycles. The van der Waals surface area contributed by atoms with Crippen LogP contribution in [0.3, 0.4) is 0 Å². The second-order valence-electron chi connectivity index (χ2n) is 5.11. The van der Waals surface area contributed by atoms with Gasteiger partial charge in [0, 0.05) is 0 Å². The Bertz CT molecular complexity index is 836. The Kier molecular flexibility index (Phi) is 4.35. The molecule has 0 bridgehead atoms. The molecule has 0 aromatic heterocycles. The summed E-state index contributed by atoms with van der Waals surface area (Å²) in [6.07, 6.45) is 0. The molecule has 0 amide bonds. The van der Waals surface area contributed by atoms with Crippen molar-refractivity contribution in [2.24, 2.45) is 0 Å². The SMILES string of the molecule is N#Cc1cc(-c2ccc(OCc3ccccc3)cc2)ccc1F. The minimum Gasteiger partial charge on any atom is -0.489 e. The van der Waals surface area contributed by atoms with E-state index in [4.69, 9.17) is 10.00 Å². The van der Waals surface area contributed by atoms with Crippen LogP contribution in [0.4, 0.5) is 4.39 Å². The Morgan fingerprint density at radius 3 is 2.26 bits per heavy atom. The van der Waals surface area contributed by atoms with Gasteiger partial charge in [-0.15, -0.1) is 0 Å². The van der Waals surface area contributed by atoms with Crippen LogP contribution < -0.4 is 4.74 Å². The Morgan fingerprint density at radius 1 is 0.870 bits per heavy atom. The number of ether oxygens (including phenoxy) is 1. The van der Waals surface area contributed by atoms with Crippen molar-refractivity contribution in [2.75, 3.05) is 0 Å². The fourth-order valence-corrected chi connectivity index (χ4v) is 2.28. The summed E-state index contributed by atoms with van der Waals surface area (Å²) in [7, 11) is 0. The van der Waals surface area contributed by atoms with Crippen molar-refractivity contribution in [3.05, 3.63) is 89.7 Å². The molecule has 0 saturated carbocycles. The molecule has 0 fully saturated rings. The first kappa shape index (κ1) is 14.8. The van der Waals surface area contributed by atoms with Crippen LogP contribution in [0.15, 0.2) is 72.8 Å². The maximum Gasteiger partial charge on any atom is 0.140 e. The third kappa shape index (κ3) is 3.56. The largest absolute Gasteiger partial charge is 0.489 e. The lowest BCUT2D eigenvalue weighted by Crippen LogP contribution is -1.94. The molecule has 3 aromatic carbocycles. The standard InChI is InChI=1S/C20H14FNO/c21-20-11-8-17(12-18(20)13-22)16-6-9-19(10-7-16)23-14-15-4-2-1-3-5-15/h1-12H,14H2. The van der Waals surface area contributed by atoms with E-state index >= 15 is 0 Å². The minimum absolute atomic E-state index is 0.0481. The van der Waals surface area contributed by atoms with Crippen molar-refractivity contribution in [1.82, 2.24) is 0 Å². The Morgan fingerprint density at radius 2 is 1.57 bits per heavy atom. The molecular formula is C20H14FNO. The maximum absolute atomic E-state index is 13.4. The second-order valence-corrected chi connectivity index (χ2v) is 5.11. The van der Waals surface area contributed by atoms with Gasteiger partial charge in [0.2, 0.25) is 0 Å². The van der Waals surface area contributed by atoms with Gasteiger partial charge in [0.25, 0.3) is 0 Å². The van der Waals surface area contributed by atoms with Gasteiger partial charge in [-0.1, -0.05) is 48.5 Å². The Balaban J connectivity index is 1.73. The highest BCUT2D eigenvalue weighted by molar-refractivity contribution is 5.66. The predicted molar refractivity (Wildman–Crippen MR) is 87.3 cm³/mol. The van der Waals surface area contributed by atoms with Gasteiger partial charge in [0.05, 0.1) is 5.56 Å². The molecule has 23 heavy (non-hydrogen) atoms. The molecule has 3 heteroatoms. The fourth-order valence-electron chi connectivity index (χ4n) is 2.28. The van der Waals surface area contributed by atoms with Crippen molar-refractivity contribution in [3.63, 3.8) is 0 Å². The molecule has 0 heterocycles. The number of nitrogens with zero attached hydrogens (tertiary/aromatic N) is 1. The van der Waals surface area contributed by atoms with Gasteiger partial charge < -0.3 is 4.74 Å². The van der Waals surface area contributed by atoms with E-state index in [1.54, 1.807) is 12.1 Å². The minimum atomic E-state index is -0.501. The van der Waals surface area contributed by atoms with Crippen molar-refractivity contribution in [3.8, 4) is 22.9 Å². The van der Waals surface area contributed by atoms with Crippen LogP contribution in [-0.4, -0.2) is 0 Å². The first-order valence-corrected chi connectivity index (χ1v) is 7.23. The molecule has 2 nitrogen and oxygen atoms in total. The van der Waals surface area contributed by atoms with Crippen molar-refractivity contribution < 1.29 is 9.13 Å². The molecule has 0 unspecified atom stereocenters. The molecule has 0 N–H and O–H groups in total. The van der Waals surface area contributed by atoms with Gasteiger partial charge in [-0.3, -0.25) is 0 Å². The Labute approximate surface area is 134 Å². The molecule has 3 aromatic rings. The second kappa shape index (κ2) is 6.76. The first-order chi connectivity index (χ1) is 11.3. The quantitative estimate of drug-likeness (QED) is 0.683. The van der Waals surface area contributed by atoms with Crippen LogP contribution >= 0.6 is 0 Å². The normalized spacial score (nSPS) is 10.1. The average molecular weight is 303 g/mol. The maximum atomic E-state index is 13.4. The average Bonchev–Trinajstić information content (AvgIpc) is 2.62. The van der Waals surface area contributed by atoms with Gasteiger partial charge in [0.1, 0.15) is 24.2 Å². The number of hydrogen-bond donors (Lipinski definition) is 0. The van der Waals surface area contributed by atoms with E-state index in [2.05, 4.69) is 0 Å². The molecule has 0 atom stereocenters. The van der Waals surface area contributed by atoms with E-state index in [1.165, 1.54) is 6.07 Å². The van der Waals surface area contributed by atoms with Crippen LogP contribution in [0, 0.1) is 17.1 Å². The molecule has 0 spiro atoms. The zero-order valence-electron chi connectivity index (χ0n) is 12.4. The molecule has 0 saturated heterocycles. The van der Waals surface area contributed by atoms with Crippen LogP contribution in [-0.2, 0) is 6.61 Å². The lowest BCUT2D eigenvalue weighted by molar-refractivity contribution is 0.306. The van der Waals surface area contributed by atoms with Gasteiger partial charge in [-0.05, 0) is 41.0 Å². The first-order valence-electron chi connectivity index (χ1n) is 7.23. The summed E-state index contributed by atoms with van der Waals surface area (Å²) < 4.78 is 19.1. The van der Waals surface area contributed by atoms with E-state index in [0.717, 1.165) is 22.4 Å². The zero-order chi connectivity index (χ0) is 16.1. The van der Waals surface area contributed by atoms with Gasteiger partial charge >= 0.3 is 0 Å². The predicted octanol–water partition coefficient (Wildman–Crippen LogP) is 4.94. The monoisotopic (exact) mass is 303 g/mol. The van der Waals surface area contributed by atoms with Gasteiger partial charge in [0.15, 0.2) is 0 Å². The van der Waals surface area contributed by atoms with Crippen molar-refractivity contribution in [1.29, 1.82) is 5.26 Å². The third-order valence-corrected chi connectivity index (χ3v) is 3.52. The smallest absolute Gasteiger partial charge is 0.140 e. The van der Waals surface area contributed by atoms with E-state index in [1.807, 2.05) is 60.7 Å². The molecule has 0 aliphatic heterocycles. The van der Waals surface area contributed by atoms with Crippen LogP contribution in [0.1, 0.15) is 11.1 Å². The molecular weight excluding hydrogens is 289 g/mol. The summed E-state index contributed by atoms with van der Waals surface area (Å²) in [5, 5.41) is 8.90. The van der Waals surface area contributed by atoms with Crippen LogP contribution in [0.5, 0.6) is 5.75 Å². The zero-order valence-corrected chi connectivity index (χ0v) is 12.4. The van der Waals surface area contributed by atoms with Crippen molar-refractivity contribution in [2.45, 2.75) is 6.61 Å².